The maximum Gasteiger partial charge on any atom is 0.416 e. The lowest BCUT2D eigenvalue weighted by molar-refractivity contribution is -0.137. The van der Waals surface area contributed by atoms with Gasteiger partial charge in [0.25, 0.3) is 17.7 Å². The van der Waals surface area contributed by atoms with Gasteiger partial charge in [-0.2, -0.15) is 13.2 Å². The van der Waals surface area contributed by atoms with Crippen LogP contribution < -0.4 is 15.5 Å². The van der Waals surface area contributed by atoms with Gasteiger partial charge in [-0.3, -0.25) is 19.4 Å². The zero-order chi connectivity index (χ0) is 44.4. The number of ether oxygens (including phenoxy) is 4. The normalized spacial score (nSPS) is 11.6. The Morgan fingerprint density at radius 2 is 1.38 bits per heavy atom. The predicted molar refractivity (Wildman–Crippen MR) is 230 cm³/mol. The minimum absolute atomic E-state index is 0.119. The Hall–Kier alpha value is -5.35. The van der Waals surface area contributed by atoms with E-state index in [-0.39, 0.29) is 29.2 Å². The zero-order valence-corrected chi connectivity index (χ0v) is 35.9. The molecule has 1 aromatic heterocycles. The number of alkyl halides is 3. The molecule has 0 aliphatic carbocycles. The highest BCUT2D eigenvalue weighted by molar-refractivity contribution is 6.08. The fourth-order valence-corrected chi connectivity index (χ4v) is 6.09. The van der Waals surface area contributed by atoms with Crippen molar-refractivity contribution >= 4 is 29.1 Å². The molecule has 3 aromatic carbocycles. The van der Waals surface area contributed by atoms with Gasteiger partial charge < -0.3 is 39.4 Å². The first-order chi connectivity index (χ1) is 29.1. The average Bonchev–Trinajstić information content (AvgIpc) is 3.24. The predicted octanol–water partition coefficient (Wildman–Crippen LogP) is 8.12. The van der Waals surface area contributed by atoms with Crippen molar-refractivity contribution in [1.29, 1.82) is 0 Å². The Balaban J connectivity index is 1.35. The number of rotatable bonds is 23. The van der Waals surface area contributed by atoms with Crippen molar-refractivity contribution in [2.45, 2.75) is 59.4 Å². The highest BCUT2D eigenvalue weighted by atomic mass is 19.4. The molecule has 4 aromatic rings. The number of benzene rings is 3. The van der Waals surface area contributed by atoms with Crippen LogP contribution in [0, 0.1) is 0 Å². The molecule has 0 aliphatic heterocycles. The van der Waals surface area contributed by atoms with Crippen LogP contribution in [0.3, 0.4) is 0 Å². The molecule has 4 rings (SSSR count). The van der Waals surface area contributed by atoms with E-state index in [1.807, 2.05) is 46.8 Å². The van der Waals surface area contributed by atoms with Crippen LogP contribution in [0.1, 0.15) is 83.2 Å². The van der Waals surface area contributed by atoms with Crippen molar-refractivity contribution in [3.8, 4) is 11.3 Å². The summed E-state index contributed by atoms with van der Waals surface area (Å²) in [7, 11) is 1.66. The minimum Gasteiger partial charge on any atom is -0.379 e. The molecule has 0 saturated carbocycles. The maximum atomic E-state index is 13.7. The maximum absolute atomic E-state index is 13.7. The summed E-state index contributed by atoms with van der Waals surface area (Å²) in [5.41, 5.74) is 2.35. The zero-order valence-electron chi connectivity index (χ0n) is 35.9. The quantitative estimate of drug-likeness (QED) is 0.0711. The number of pyridine rings is 1. The van der Waals surface area contributed by atoms with E-state index < -0.39 is 23.6 Å². The van der Waals surface area contributed by atoms with Gasteiger partial charge in [0.05, 0.1) is 55.6 Å². The molecule has 0 unspecified atom stereocenters. The van der Waals surface area contributed by atoms with E-state index in [2.05, 4.69) is 20.5 Å². The van der Waals surface area contributed by atoms with E-state index >= 15 is 0 Å². The summed E-state index contributed by atoms with van der Waals surface area (Å²) in [6.45, 7) is 15.0. The van der Waals surface area contributed by atoms with Crippen LogP contribution in [0.25, 0.3) is 11.3 Å². The van der Waals surface area contributed by atoms with E-state index in [0.29, 0.717) is 94.0 Å². The molecule has 15 heteroatoms. The summed E-state index contributed by atoms with van der Waals surface area (Å²) in [6, 6.07) is 19.8. The van der Waals surface area contributed by atoms with Gasteiger partial charge in [-0.15, -0.1) is 0 Å². The third-order valence-electron chi connectivity index (χ3n) is 9.39. The highest BCUT2D eigenvalue weighted by Gasteiger charge is 2.30. The van der Waals surface area contributed by atoms with Crippen LogP contribution in [0.4, 0.5) is 24.5 Å². The van der Waals surface area contributed by atoms with Gasteiger partial charge in [-0.05, 0) is 107 Å². The summed E-state index contributed by atoms with van der Waals surface area (Å²) in [4.78, 5) is 48.5. The lowest BCUT2D eigenvalue weighted by atomic mass is 10.0. The third kappa shape index (κ3) is 15.9. The molecule has 0 atom stereocenters. The smallest absolute Gasteiger partial charge is 0.379 e. The van der Waals surface area contributed by atoms with Gasteiger partial charge in [-0.1, -0.05) is 18.2 Å². The van der Waals surface area contributed by atoms with E-state index in [0.717, 1.165) is 24.2 Å². The fraction of sp³-hybridized carbons (Fsp3) is 0.435. The monoisotopic (exact) mass is 849 g/mol. The Kier molecular flexibility index (Phi) is 18.7. The summed E-state index contributed by atoms with van der Waals surface area (Å²) in [5, 5.41) is 5.64. The first kappa shape index (κ1) is 48.3. The molecule has 2 N–H and O–H groups in total. The first-order valence-corrected chi connectivity index (χ1v) is 20.4. The average molecular weight is 850 g/mol. The largest absolute Gasteiger partial charge is 0.416 e. The van der Waals surface area contributed by atoms with Crippen molar-refractivity contribution < 1.29 is 46.5 Å². The second-order valence-corrected chi connectivity index (χ2v) is 15.1. The summed E-state index contributed by atoms with van der Waals surface area (Å²) in [5.74, 6) is -1.26. The van der Waals surface area contributed by atoms with Gasteiger partial charge in [0, 0.05) is 80.6 Å². The fourth-order valence-electron chi connectivity index (χ4n) is 6.09. The lowest BCUT2D eigenvalue weighted by Gasteiger charge is -2.23. The second kappa shape index (κ2) is 23.6. The number of aromatic nitrogens is 1. The van der Waals surface area contributed by atoms with Crippen molar-refractivity contribution in [3.63, 3.8) is 0 Å². The number of carbonyl (C=O) groups is 3. The van der Waals surface area contributed by atoms with E-state index in [1.54, 1.807) is 37.4 Å². The third-order valence-corrected chi connectivity index (χ3v) is 9.39. The van der Waals surface area contributed by atoms with Gasteiger partial charge >= 0.3 is 6.18 Å². The van der Waals surface area contributed by atoms with Crippen LogP contribution in [-0.2, 0) is 31.7 Å². The van der Waals surface area contributed by atoms with Crippen molar-refractivity contribution in [2.24, 2.45) is 0 Å². The number of anilines is 2. The molecule has 0 radical (unpaired) electrons. The Morgan fingerprint density at radius 3 is 2.07 bits per heavy atom. The summed E-state index contributed by atoms with van der Waals surface area (Å²) < 4.78 is 62.1. The first-order valence-electron chi connectivity index (χ1n) is 20.4. The minimum atomic E-state index is -4.50. The number of likely N-dealkylation sites (N-methyl/N-ethyl adjacent to an activating group) is 1. The Labute approximate surface area is 356 Å². The van der Waals surface area contributed by atoms with Crippen LogP contribution >= 0.6 is 0 Å². The SMILES string of the molecule is CCN(CC)c1ccc(NC(=O)c2cccc(C(=O)N(C)CCOCCOCCOCCCOC(C)(C)C)c2)c(-c2cc(C(=O)NCc3cccc(C(F)(F)F)c3)ccn2)c1. The number of halogens is 3. The van der Waals surface area contributed by atoms with Gasteiger partial charge in [0.1, 0.15) is 0 Å². The molecule has 0 bridgehead atoms. The highest BCUT2D eigenvalue weighted by Crippen LogP contribution is 2.33. The molecule has 0 fully saturated rings. The number of carbonyl (C=O) groups excluding carboxylic acids is 3. The van der Waals surface area contributed by atoms with Crippen LogP contribution in [0.2, 0.25) is 0 Å². The van der Waals surface area contributed by atoms with Crippen LogP contribution in [0.5, 0.6) is 0 Å². The van der Waals surface area contributed by atoms with Gasteiger partial charge in [0.15, 0.2) is 0 Å². The number of hydrogen-bond donors (Lipinski definition) is 2. The van der Waals surface area contributed by atoms with Crippen LogP contribution in [0.15, 0.2) is 85.1 Å². The van der Waals surface area contributed by atoms with Gasteiger partial charge in [-0.25, -0.2) is 0 Å². The standard InChI is InChI=1S/C46H58F3N5O7/c1-7-54(8-2)38-16-17-40(39(31-38)41-30-35(18-19-50-41)42(55)51-32-33-12-9-15-37(28-33)46(47,48)49)52-43(56)34-13-10-14-36(29-34)44(57)53(6)20-23-59-25-27-60-26-24-58-21-11-22-61-45(3,4)5/h9-10,12-19,28-31H,7-8,11,20-27,32H2,1-6H3,(H,51,55)(H,52,56). The molecule has 0 aliphatic rings. The van der Waals surface area contributed by atoms with Crippen molar-refractivity contribution in [1.82, 2.24) is 15.2 Å². The molecule has 0 spiro atoms. The number of amides is 3. The summed E-state index contributed by atoms with van der Waals surface area (Å²) >= 11 is 0. The summed E-state index contributed by atoms with van der Waals surface area (Å²) in [6.07, 6.45) is -2.23. The second-order valence-electron chi connectivity index (χ2n) is 15.1. The molecule has 3 amide bonds. The lowest BCUT2D eigenvalue weighted by Crippen LogP contribution is -2.30. The van der Waals surface area contributed by atoms with Gasteiger partial charge in [0.2, 0.25) is 0 Å². The van der Waals surface area contributed by atoms with Crippen LogP contribution in [-0.4, -0.2) is 106 Å². The number of hydrogen-bond acceptors (Lipinski definition) is 9. The number of nitrogens with one attached hydrogen (secondary N) is 2. The molecule has 1 heterocycles. The Morgan fingerprint density at radius 1 is 0.721 bits per heavy atom. The molecule has 12 nitrogen and oxygen atoms in total. The molecule has 330 valence electrons. The number of nitrogens with zero attached hydrogens (tertiary/aromatic N) is 3. The van der Waals surface area contributed by atoms with E-state index in [4.69, 9.17) is 18.9 Å². The van der Waals surface area contributed by atoms with E-state index in [1.165, 1.54) is 35.4 Å². The van der Waals surface area contributed by atoms with E-state index in [9.17, 15) is 27.6 Å². The topological polar surface area (TPSA) is 132 Å². The Bertz CT molecular complexity index is 2040. The molecule has 61 heavy (non-hydrogen) atoms. The molecular formula is C46H58F3N5O7. The van der Waals surface area contributed by atoms with Crippen molar-refractivity contribution in [2.75, 3.05) is 83.1 Å². The van der Waals surface area contributed by atoms with Crippen molar-refractivity contribution in [3.05, 3.63) is 113 Å². The molecule has 0 saturated heterocycles. The molecular weight excluding hydrogens is 792 g/mol.